The van der Waals surface area contributed by atoms with Crippen LogP contribution in [0.5, 0.6) is 0 Å². The molecule has 2 aromatic carbocycles. The summed E-state index contributed by atoms with van der Waals surface area (Å²) in [6.45, 7) is 1.52. The molecule has 0 saturated carbocycles. The average molecular weight is 434 g/mol. The van der Waals surface area contributed by atoms with Gasteiger partial charge in [0.05, 0.1) is 18.4 Å². The number of oxazole rings is 1. The van der Waals surface area contributed by atoms with Crippen LogP contribution in [0.4, 0.5) is 5.69 Å². The molecule has 0 radical (unpaired) electrons. The lowest BCUT2D eigenvalue weighted by Gasteiger charge is -2.06. The summed E-state index contributed by atoms with van der Waals surface area (Å²) in [4.78, 5) is 4.49. The number of unbranched alkanes of at least 4 members (excludes halogenated alkanes) is 1. The summed E-state index contributed by atoms with van der Waals surface area (Å²) in [7, 11) is 0. The van der Waals surface area contributed by atoms with Crippen LogP contribution in [-0.4, -0.2) is 20.0 Å². The first-order chi connectivity index (χ1) is 15.2. The van der Waals surface area contributed by atoms with Gasteiger partial charge in [0, 0.05) is 29.5 Å². The lowest BCUT2D eigenvalue weighted by atomic mass is 10.1. The van der Waals surface area contributed by atoms with Crippen molar-refractivity contribution in [3.63, 3.8) is 0 Å². The van der Waals surface area contributed by atoms with Crippen molar-refractivity contribution >= 4 is 29.4 Å². The van der Waals surface area contributed by atoms with Gasteiger partial charge in [-0.1, -0.05) is 41.1 Å². The van der Waals surface area contributed by atoms with Gasteiger partial charge >= 0.3 is 0 Å². The van der Waals surface area contributed by atoms with Crippen molar-refractivity contribution < 1.29 is 4.42 Å². The van der Waals surface area contributed by atoms with Crippen LogP contribution in [0.1, 0.15) is 35.6 Å². The van der Waals surface area contributed by atoms with Crippen LogP contribution in [0.3, 0.4) is 0 Å². The zero-order chi connectivity index (χ0) is 21.3. The summed E-state index contributed by atoms with van der Waals surface area (Å²) >= 11 is 5.91. The summed E-state index contributed by atoms with van der Waals surface area (Å²) < 4.78 is 7.40. The lowest BCUT2D eigenvalue weighted by Crippen LogP contribution is -2.00. The molecule has 2 heterocycles. The molecule has 0 amide bonds. The Bertz CT molecular complexity index is 1090. The summed E-state index contributed by atoms with van der Waals surface area (Å²) in [5.41, 5.74) is 4.29. The molecule has 0 aliphatic heterocycles. The standard InChI is InChI=1S/C24H24ClN5O/c25-21-9-4-20(5-10-21)8-13-24-28-23(18-31-24)17-26-22-11-6-19(7-12-22)3-1-2-15-30-16-14-27-29-30/h4-14,16,18,26H,1-3,15,17H2/b13-8+. The van der Waals surface area contributed by atoms with Gasteiger partial charge < -0.3 is 9.73 Å². The Labute approximate surface area is 186 Å². The molecule has 31 heavy (non-hydrogen) atoms. The Morgan fingerprint density at radius 3 is 2.61 bits per heavy atom. The van der Waals surface area contributed by atoms with Crippen LogP contribution in [0.25, 0.3) is 12.2 Å². The minimum absolute atomic E-state index is 0.577. The smallest absolute Gasteiger partial charge is 0.218 e. The third-order valence-electron chi connectivity index (χ3n) is 4.86. The highest BCUT2D eigenvalue weighted by Gasteiger charge is 2.02. The van der Waals surface area contributed by atoms with E-state index in [9.17, 15) is 0 Å². The lowest BCUT2D eigenvalue weighted by molar-refractivity contribution is 0.541. The van der Waals surface area contributed by atoms with E-state index in [-0.39, 0.29) is 0 Å². The van der Waals surface area contributed by atoms with E-state index in [1.165, 1.54) is 5.56 Å². The molecule has 0 spiro atoms. The van der Waals surface area contributed by atoms with E-state index in [0.29, 0.717) is 12.4 Å². The summed E-state index contributed by atoms with van der Waals surface area (Å²) in [6.07, 6.45) is 12.4. The number of anilines is 1. The van der Waals surface area contributed by atoms with E-state index < -0.39 is 0 Å². The molecule has 0 unspecified atom stereocenters. The van der Waals surface area contributed by atoms with Gasteiger partial charge in [0.2, 0.25) is 5.89 Å². The summed E-state index contributed by atoms with van der Waals surface area (Å²) in [6, 6.07) is 16.2. The first-order valence-corrected chi connectivity index (χ1v) is 10.7. The number of nitrogens with zero attached hydrogens (tertiary/aromatic N) is 4. The molecule has 4 rings (SSSR count). The maximum atomic E-state index is 5.91. The number of halogens is 1. The monoisotopic (exact) mass is 433 g/mol. The van der Waals surface area contributed by atoms with Crippen molar-refractivity contribution in [1.29, 1.82) is 0 Å². The van der Waals surface area contributed by atoms with Crippen LogP contribution in [0, 0.1) is 0 Å². The average Bonchev–Trinajstić information content (AvgIpc) is 3.48. The molecule has 1 N–H and O–H groups in total. The van der Waals surface area contributed by atoms with Crippen molar-refractivity contribution in [2.45, 2.75) is 32.4 Å². The number of hydrogen-bond acceptors (Lipinski definition) is 5. The molecule has 6 nitrogen and oxygen atoms in total. The molecule has 158 valence electrons. The highest BCUT2D eigenvalue weighted by molar-refractivity contribution is 6.30. The van der Waals surface area contributed by atoms with Crippen molar-refractivity contribution in [3.05, 3.63) is 94.9 Å². The molecular formula is C24H24ClN5O. The fourth-order valence-electron chi connectivity index (χ4n) is 3.16. The zero-order valence-electron chi connectivity index (χ0n) is 17.1. The highest BCUT2D eigenvalue weighted by Crippen LogP contribution is 2.15. The molecule has 0 fully saturated rings. The Morgan fingerprint density at radius 1 is 1.00 bits per heavy atom. The predicted octanol–water partition coefficient (Wildman–Crippen LogP) is 5.72. The van der Waals surface area contributed by atoms with Gasteiger partial charge in [-0.15, -0.1) is 5.10 Å². The van der Waals surface area contributed by atoms with Gasteiger partial charge in [-0.25, -0.2) is 4.98 Å². The Hall–Kier alpha value is -3.38. The predicted molar refractivity (Wildman–Crippen MR) is 124 cm³/mol. The van der Waals surface area contributed by atoms with Crippen molar-refractivity contribution in [3.8, 4) is 0 Å². The quantitative estimate of drug-likeness (QED) is 0.324. The highest BCUT2D eigenvalue weighted by atomic mass is 35.5. The molecule has 0 aliphatic rings. The first kappa shape index (κ1) is 20.9. The van der Waals surface area contributed by atoms with Gasteiger partial charge in [-0.05, 0) is 60.7 Å². The molecule has 4 aromatic rings. The number of aromatic nitrogens is 4. The maximum Gasteiger partial charge on any atom is 0.218 e. The van der Waals surface area contributed by atoms with Crippen LogP contribution >= 0.6 is 11.6 Å². The number of benzene rings is 2. The molecule has 2 aromatic heterocycles. The van der Waals surface area contributed by atoms with E-state index in [1.54, 1.807) is 12.5 Å². The topological polar surface area (TPSA) is 68.8 Å². The fraction of sp³-hybridized carbons (Fsp3) is 0.208. The Morgan fingerprint density at radius 2 is 1.84 bits per heavy atom. The zero-order valence-corrected chi connectivity index (χ0v) is 17.9. The Balaban J connectivity index is 1.20. The van der Waals surface area contributed by atoms with E-state index in [1.807, 2.05) is 47.3 Å². The molecular weight excluding hydrogens is 410 g/mol. The summed E-state index contributed by atoms with van der Waals surface area (Å²) in [5, 5.41) is 11.9. The largest absolute Gasteiger partial charge is 0.445 e. The number of rotatable bonds is 10. The second kappa shape index (κ2) is 10.6. The normalized spacial score (nSPS) is 11.3. The first-order valence-electron chi connectivity index (χ1n) is 10.3. The van der Waals surface area contributed by atoms with Crippen LogP contribution in [0.2, 0.25) is 5.02 Å². The maximum absolute atomic E-state index is 5.91. The minimum atomic E-state index is 0.577. The van der Waals surface area contributed by atoms with Gasteiger partial charge in [0.15, 0.2) is 0 Å². The summed E-state index contributed by atoms with van der Waals surface area (Å²) in [5.74, 6) is 0.577. The number of aryl methyl sites for hydroxylation is 2. The SMILES string of the molecule is Clc1ccc(/C=C/c2nc(CNc3ccc(CCCCn4ccnn4)cc3)co2)cc1. The van der Waals surface area contributed by atoms with Gasteiger partial charge in [-0.3, -0.25) is 4.68 Å². The van der Waals surface area contributed by atoms with E-state index >= 15 is 0 Å². The molecule has 0 aliphatic carbocycles. The fourth-order valence-corrected chi connectivity index (χ4v) is 3.28. The van der Waals surface area contributed by atoms with Crippen LogP contribution in [-0.2, 0) is 19.5 Å². The van der Waals surface area contributed by atoms with Crippen LogP contribution < -0.4 is 5.32 Å². The third kappa shape index (κ3) is 6.55. The van der Waals surface area contributed by atoms with Crippen LogP contribution in [0.15, 0.2) is 71.6 Å². The third-order valence-corrected chi connectivity index (χ3v) is 5.11. The molecule has 0 saturated heterocycles. The Kier molecular flexibility index (Phi) is 7.13. The number of hydrogen-bond donors (Lipinski definition) is 1. The van der Waals surface area contributed by atoms with E-state index in [0.717, 1.165) is 47.8 Å². The van der Waals surface area contributed by atoms with Crippen molar-refractivity contribution in [1.82, 2.24) is 20.0 Å². The second-order valence-corrected chi connectivity index (χ2v) is 7.67. The van der Waals surface area contributed by atoms with Gasteiger partial charge in [0.1, 0.15) is 6.26 Å². The van der Waals surface area contributed by atoms with Gasteiger partial charge in [0.25, 0.3) is 0 Å². The van der Waals surface area contributed by atoms with Crippen molar-refractivity contribution in [2.24, 2.45) is 0 Å². The molecule has 7 heteroatoms. The van der Waals surface area contributed by atoms with Gasteiger partial charge in [-0.2, -0.15) is 0 Å². The molecule has 0 bridgehead atoms. The van der Waals surface area contributed by atoms with E-state index in [2.05, 4.69) is 44.9 Å². The van der Waals surface area contributed by atoms with E-state index in [4.69, 9.17) is 16.0 Å². The van der Waals surface area contributed by atoms with Crippen molar-refractivity contribution in [2.75, 3.05) is 5.32 Å². The number of nitrogens with one attached hydrogen (secondary N) is 1. The minimum Gasteiger partial charge on any atom is -0.445 e. The second-order valence-electron chi connectivity index (χ2n) is 7.24. The molecule has 0 atom stereocenters.